The fourth-order valence-electron chi connectivity index (χ4n) is 2.85. The largest absolute Gasteiger partial charge is 0.392 e. The van der Waals surface area contributed by atoms with Crippen molar-refractivity contribution in [2.45, 2.75) is 38.5 Å². The first-order chi connectivity index (χ1) is 11.8. The number of fused-ring (bicyclic) bond motifs is 1. The standard InChI is InChI=1S/C16H16BrF3N4O/c17-12-4-2-1-3-10(12)7-15(25)21-9-14-23-22-13-8-11(16(18,19)20)5-6-24(13)14/h1-4,11H,5-9H2,(H,21,25). The van der Waals surface area contributed by atoms with Crippen molar-refractivity contribution in [3.8, 4) is 0 Å². The van der Waals surface area contributed by atoms with Gasteiger partial charge in [0.25, 0.3) is 0 Å². The van der Waals surface area contributed by atoms with Crippen molar-refractivity contribution >= 4 is 21.8 Å². The number of amides is 1. The minimum Gasteiger partial charge on any atom is -0.349 e. The molecule has 9 heteroatoms. The van der Waals surface area contributed by atoms with Gasteiger partial charge in [-0.3, -0.25) is 4.79 Å². The molecular formula is C16H16BrF3N4O. The number of aromatic nitrogens is 3. The maximum atomic E-state index is 12.8. The van der Waals surface area contributed by atoms with Crippen molar-refractivity contribution < 1.29 is 18.0 Å². The summed E-state index contributed by atoms with van der Waals surface area (Å²) in [4.78, 5) is 12.1. The van der Waals surface area contributed by atoms with Gasteiger partial charge in [0.05, 0.1) is 18.9 Å². The van der Waals surface area contributed by atoms with Crippen LogP contribution in [0.5, 0.6) is 0 Å². The van der Waals surface area contributed by atoms with E-state index in [0.29, 0.717) is 11.6 Å². The number of alkyl halides is 3. The third-order valence-corrected chi connectivity index (χ3v) is 5.02. The molecule has 25 heavy (non-hydrogen) atoms. The molecule has 1 unspecified atom stereocenters. The second-order valence-electron chi connectivity index (χ2n) is 5.96. The Kier molecular flexibility index (Phi) is 5.12. The third-order valence-electron chi connectivity index (χ3n) is 4.25. The summed E-state index contributed by atoms with van der Waals surface area (Å²) in [6, 6.07) is 7.41. The average molecular weight is 417 g/mol. The predicted octanol–water partition coefficient (Wildman–Crippen LogP) is 3.02. The summed E-state index contributed by atoms with van der Waals surface area (Å²) in [6.45, 7) is 0.356. The summed E-state index contributed by atoms with van der Waals surface area (Å²) in [5.74, 6) is -0.755. The lowest BCUT2D eigenvalue weighted by Crippen LogP contribution is -2.32. The topological polar surface area (TPSA) is 59.8 Å². The molecule has 1 aliphatic rings. The van der Waals surface area contributed by atoms with Crippen LogP contribution in [0.3, 0.4) is 0 Å². The molecule has 134 valence electrons. The first-order valence-corrected chi connectivity index (χ1v) is 8.61. The summed E-state index contributed by atoms with van der Waals surface area (Å²) < 4.78 is 41.0. The second-order valence-corrected chi connectivity index (χ2v) is 6.81. The number of halogens is 4. The Morgan fingerprint density at radius 3 is 2.80 bits per heavy atom. The monoisotopic (exact) mass is 416 g/mol. The van der Waals surface area contributed by atoms with Crippen LogP contribution in [0.25, 0.3) is 0 Å². The fourth-order valence-corrected chi connectivity index (χ4v) is 3.28. The zero-order valence-electron chi connectivity index (χ0n) is 13.2. The summed E-state index contributed by atoms with van der Waals surface area (Å²) in [5, 5.41) is 10.5. The molecule has 0 spiro atoms. The summed E-state index contributed by atoms with van der Waals surface area (Å²) >= 11 is 3.39. The molecule has 1 N–H and O–H groups in total. The van der Waals surface area contributed by atoms with E-state index in [9.17, 15) is 18.0 Å². The molecule has 2 heterocycles. The van der Waals surface area contributed by atoms with Crippen LogP contribution in [-0.2, 0) is 30.7 Å². The SMILES string of the molecule is O=C(Cc1ccccc1Br)NCc1nnc2n1CCC(C(F)(F)F)C2. The van der Waals surface area contributed by atoms with Gasteiger partial charge < -0.3 is 9.88 Å². The normalized spacial score (nSPS) is 17.2. The van der Waals surface area contributed by atoms with E-state index >= 15 is 0 Å². The lowest BCUT2D eigenvalue weighted by molar-refractivity contribution is -0.179. The van der Waals surface area contributed by atoms with Gasteiger partial charge in [0, 0.05) is 17.4 Å². The summed E-state index contributed by atoms with van der Waals surface area (Å²) in [6.07, 6.45) is -4.17. The van der Waals surface area contributed by atoms with Crippen molar-refractivity contribution in [1.29, 1.82) is 0 Å². The van der Waals surface area contributed by atoms with Crippen LogP contribution in [0.4, 0.5) is 13.2 Å². The van der Waals surface area contributed by atoms with Crippen molar-refractivity contribution in [2.75, 3.05) is 0 Å². The molecule has 0 fully saturated rings. The average Bonchev–Trinajstić information content (AvgIpc) is 2.96. The van der Waals surface area contributed by atoms with E-state index in [1.165, 1.54) is 0 Å². The van der Waals surface area contributed by atoms with Crippen LogP contribution in [-0.4, -0.2) is 26.8 Å². The van der Waals surface area contributed by atoms with E-state index < -0.39 is 12.1 Å². The van der Waals surface area contributed by atoms with Gasteiger partial charge in [0.15, 0.2) is 5.82 Å². The molecule has 5 nitrogen and oxygen atoms in total. The van der Waals surface area contributed by atoms with Crippen LogP contribution in [0.15, 0.2) is 28.7 Å². The number of nitrogens with zero attached hydrogens (tertiary/aromatic N) is 3. The Hall–Kier alpha value is -1.90. The van der Waals surface area contributed by atoms with Crippen LogP contribution < -0.4 is 5.32 Å². The fraction of sp³-hybridized carbons (Fsp3) is 0.438. The van der Waals surface area contributed by atoms with Gasteiger partial charge in [-0.05, 0) is 18.1 Å². The first kappa shape index (κ1) is 17.9. The van der Waals surface area contributed by atoms with Gasteiger partial charge in [-0.15, -0.1) is 10.2 Å². The lowest BCUT2D eigenvalue weighted by Gasteiger charge is -2.25. The smallest absolute Gasteiger partial charge is 0.349 e. The molecule has 0 aliphatic carbocycles. The minimum absolute atomic E-state index is 0.00640. The van der Waals surface area contributed by atoms with Crippen LogP contribution in [0.2, 0.25) is 0 Å². The molecule has 3 rings (SSSR count). The molecule has 1 aromatic carbocycles. The summed E-state index contributed by atoms with van der Waals surface area (Å²) in [5.41, 5.74) is 0.858. The number of hydrogen-bond donors (Lipinski definition) is 1. The summed E-state index contributed by atoms with van der Waals surface area (Å²) in [7, 11) is 0. The maximum absolute atomic E-state index is 12.8. The van der Waals surface area contributed by atoms with Crippen molar-refractivity contribution in [3.05, 3.63) is 46.0 Å². The number of benzene rings is 1. The van der Waals surface area contributed by atoms with Crippen molar-refractivity contribution in [1.82, 2.24) is 20.1 Å². The van der Waals surface area contributed by atoms with Crippen molar-refractivity contribution in [2.24, 2.45) is 5.92 Å². The molecule has 1 atom stereocenters. The number of carbonyl (C=O) groups is 1. The molecule has 0 saturated carbocycles. The van der Waals surface area contributed by atoms with Gasteiger partial charge in [0.2, 0.25) is 5.91 Å². The Morgan fingerprint density at radius 2 is 2.08 bits per heavy atom. The van der Waals surface area contributed by atoms with Crippen LogP contribution in [0, 0.1) is 5.92 Å². The van der Waals surface area contributed by atoms with Gasteiger partial charge in [-0.25, -0.2) is 0 Å². The van der Waals surface area contributed by atoms with E-state index in [4.69, 9.17) is 0 Å². The number of hydrogen-bond acceptors (Lipinski definition) is 3. The van der Waals surface area contributed by atoms with E-state index in [-0.39, 0.29) is 38.3 Å². The number of rotatable bonds is 4. The molecule has 0 bridgehead atoms. The zero-order chi connectivity index (χ0) is 18.0. The highest BCUT2D eigenvalue weighted by atomic mass is 79.9. The van der Waals surface area contributed by atoms with Gasteiger partial charge in [0.1, 0.15) is 5.82 Å². The molecular weight excluding hydrogens is 401 g/mol. The van der Waals surface area contributed by atoms with Crippen LogP contribution in [0.1, 0.15) is 23.6 Å². The quantitative estimate of drug-likeness (QED) is 0.832. The molecule has 0 saturated heterocycles. The predicted molar refractivity (Wildman–Crippen MR) is 87.6 cm³/mol. The molecule has 1 aromatic heterocycles. The van der Waals surface area contributed by atoms with Gasteiger partial charge in [-0.1, -0.05) is 34.1 Å². The van der Waals surface area contributed by atoms with E-state index in [1.807, 2.05) is 24.3 Å². The Bertz CT molecular complexity index is 775. The number of nitrogens with one attached hydrogen (secondary N) is 1. The highest BCUT2D eigenvalue weighted by Gasteiger charge is 2.42. The van der Waals surface area contributed by atoms with E-state index in [1.54, 1.807) is 4.57 Å². The molecule has 0 radical (unpaired) electrons. The van der Waals surface area contributed by atoms with Crippen molar-refractivity contribution in [3.63, 3.8) is 0 Å². The molecule has 1 amide bonds. The molecule has 1 aliphatic heterocycles. The third kappa shape index (κ3) is 4.20. The van der Waals surface area contributed by atoms with Gasteiger partial charge in [-0.2, -0.15) is 13.2 Å². The highest BCUT2D eigenvalue weighted by Crippen LogP contribution is 2.34. The Labute approximate surface area is 150 Å². The second kappa shape index (κ2) is 7.15. The Balaban J connectivity index is 1.59. The zero-order valence-corrected chi connectivity index (χ0v) is 14.8. The van der Waals surface area contributed by atoms with Crippen LogP contribution >= 0.6 is 15.9 Å². The first-order valence-electron chi connectivity index (χ1n) is 7.82. The highest BCUT2D eigenvalue weighted by molar-refractivity contribution is 9.10. The van der Waals surface area contributed by atoms with E-state index in [0.717, 1.165) is 10.0 Å². The van der Waals surface area contributed by atoms with E-state index in [2.05, 4.69) is 31.4 Å². The lowest BCUT2D eigenvalue weighted by atomic mass is 9.97. The molecule has 2 aromatic rings. The maximum Gasteiger partial charge on any atom is 0.392 e. The Morgan fingerprint density at radius 1 is 1.32 bits per heavy atom. The van der Waals surface area contributed by atoms with Gasteiger partial charge >= 0.3 is 6.18 Å². The number of carbonyl (C=O) groups excluding carboxylic acids is 1. The minimum atomic E-state index is -4.21.